The van der Waals surface area contributed by atoms with E-state index in [0.717, 1.165) is 4.47 Å². The second kappa shape index (κ2) is 4.22. The van der Waals surface area contributed by atoms with Gasteiger partial charge in [0.2, 0.25) is 6.54 Å². The lowest BCUT2D eigenvalue weighted by Crippen LogP contribution is -1.93. The van der Waals surface area contributed by atoms with Crippen LogP contribution in [0.5, 0.6) is 0 Å². The lowest BCUT2D eigenvalue weighted by atomic mass is 10.1. The van der Waals surface area contributed by atoms with E-state index in [1.807, 2.05) is 0 Å². The van der Waals surface area contributed by atoms with Crippen LogP contribution >= 0.6 is 15.9 Å². The Balaban J connectivity index is 2.76. The Bertz CT molecular complexity index is 288. The van der Waals surface area contributed by atoms with E-state index in [1.165, 1.54) is 0 Å². The minimum absolute atomic E-state index is 0.0956. The Labute approximate surface area is 79.2 Å². The molecule has 0 aliphatic heterocycles. The first-order valence-electron chi connectivity index (χ1n) is 3.47. The molecule has 1 aromatic carbocycles. The molecule has 1 unspecified atom stereocenters. The van der Waals surface area contributed by atoms with Crippen LogP contribution in [0.4, 0.5) is 4.39 Å². The third kappa shape index (κ3) is 2.31. The van der Waals surface area contributed by atoms with Gasteiger partial charge >= 0.3 is 0 Å². The fourth-order valence-electron chi connectivity index (χ4n) is 0.857. The van der Waals surface area contributed by atoms with Crippen LogP contribution in [0.1, 0.15) is 11.7 Å². The van der Waals surface area contributed by atoms with Crippen molar-refractivity contribution in [2.24, 2.45) is 0 Å². The molecule has 0 spiro atoms. The van der Waals surface area contributed by atoms with E-state index in [1.54, 1.807) is 24.3 Å². The average molecular weight is 228 g/mol. The highest BCUT2D eigenvalue weighted by Gasteiger charge is 2.11. The lowest BCUT2D eigenvalue weighted by molar-refractivity contribution is 0.367. The summed E-state index contributed by atoms with van der Waals surface area (Å²) in [6, 6.07) is 6.90. The van der Waals surface area contributed by atoms with Crippen molar-refractivity contribution in [2.75, 3.05) is 6.54 Å². The van der Waals surface area contributed by atoms with Crippen molar-refractivity contribution in [1.82, 2.24) is 0 Å². The summed E-state index contributed by atoms with van der Waals surface area (Å²) in [6.45, 7) is 6.40. The van der Waals surface area contributed by atoms with E-state index in [4.69, 9.17) is 6.57 Å². The molecule has 0 heterocycles. The van der Waals surface area contributed by atoms with Crippen molar-refractivity contribution in [1.29, 1.82) is 0 Å². The molecule has 12 heavy (non-hydrogen) atoms. The molecule has 1 nitrogen and oxygen atoms in total. The van der Waals surface area contributed by atoms with Crippen molar-refractivity contribution in [3.63, 3.8) is 0 Å². The lowest BCUT2D eigenvalue weighted by Gasteiger charge is -2.00. The molecule has 0 saturated carbocycles. The number of rotatable bonds is 2. The first-order chi connectivity index (χ1) is 5.74. The number of hydrogen-bond donors (Lipinski definition) is 0. The molecular formula is C9H7BrFN. The minimum Gasteiger partial charge on any atom is -0.313 e. The molecule has 0 radical (unpaired) electrons. The monoisotopic (exact) mass is 227 g/mol. The highest BCUT2D eigenvalue weighted by molar-refractivity contribution is 9.10. The number of benzene rings is 1. The molecule has 3 heteroatoms. The summed E-state index contributed by atoms with van der Waals surface area (Å²) in [5, 5.41) is 0. The molecule has 0 bridgehead atoms. The molecular weight excluding hydrogens is 221 g/mol. The summed E-state index contributed by atoms with van der Waals surface area (Å²) < 4.78 is 14.0. The number of halogens is 2. The number of alkyl halides is 1. The molecule has 0 N–H and O–H groups in total. The van der Waals surface area contributed by atoms with E-state index in [2.05, 4.69) is 20.8 Å². The standard InChI is InChI=1S/C9H7BrFN/c1-12-6-9(11)7-2-4-8(10)5-3-7/h2-5,9H,6H2. The second-order valence-corrected chi connectivity index (χ2v) is 3.28. The van der Waals surface area contributed by atoms with Gasteiger partial charge in [-0.2, -0.15) is 0 Å². The van der Waals surface area contributed by atoms with E-state index in [-0.39, 0.29) is 6.54 Å². The highest BCUT2D eigenvalue weighted by atomic mass is 79.9. The van der Waals surface area contributed by atoms with Crippen LogP contribution in [0.15, 0.2) is 28.7 Å². The normalized spacial score (nSPS) is 12.1. The Morgan fingerprint density at radius 2 is 2.00 bits per heavy atom. The maximum Gasteiger partial charge on any atom is 0.249 e. The van der Waals surface area contributed by atoms with Gasteiger partial charge in [0.15, 0.2) is 6.17 Å². The van der Waals surface area contributed by atoms with Crippen LogP contribution in [-0.4, -0.2) is 6.54 Å². The van der Waals surface area contributed by atoms with Gasteiger partial charge in [0, 0.05) is 4.47 Å². The summed E-state index contributed by atoms with van der Waals surface area (Å²) >= 11 is 3.25. The van der Waals surface area contributed by atoms with Crippen molar-refractivity contribution in [2.45, 2.75) is 6.17 Å². The van der Waals surface area contributed by atoms with Crippen LogP contribution in [0.3, 0.4) is 0 Å². The molecule has 0 amide bonds. The van der Waals surface area contributed by atoms with Gasteiger partial charge in [-0.1, -0.05) is 28.1 Å². The van der Waals surface area contributed by atoms with Gasteiger partial charge in [-0.25, -0.2) is 11.0 Å². The van der Waals surface area contributed by atoms with Gasteiger partial charge < -0.3 is 4.85 Å². The third-order valence-electron chi connectivity index (χ3n) is 1.48. The molecule has 0 aliphatic rings. The SMILES string of the molecule is [C-]#[N+]CC(F)c1ccc(Br)cc1. The molecule has 0 fully saturated rings. The molecule has 0 aromatic heterocycles. The predicted molar refractivity (Wildman–Crippen MR) is 49.5 cm³/mol. The van der Waals surface area contributed by atoms with Gasteiger partial charge in [-0.05, 0) is 17.7 Å². The molecule has 62 valence electrons. The largest absolute Gasteiger partial charge is 0.313 e. The van der Waals surface area contributed by atoms with Crippen molar-refractivity contribution in [3.8, 4) is 0 Å². The second-order valence-electron chi connectivity index (χ2n) is 2.36. The smallest absolute Gasteiger partial charge is 0.249 e. The average Bonchev–Trinajstić information content (AvgIpc) is 2.06. The number of nitrogens with zero attached hydrogens (tertiary/aromatic N) is 1. The van der Waals surface area contributed by atoms with Crippen LogP contribution in [0.2, 0.25) is 0 Å². The topological polar surface area (TPSA) is 4.36 Å². The Morgan fingerprint density at radius 3 is 2.50 bits per heavy atom. The zero-order valence-electron chi connectivity index (χ0n) is 6.30. The molecule has 0 saturated heterocycles. The van der Waals surface area contributed by atoms with E-state index in [0.29, 0.717) is 5.56 Å². The van der Waals surface area contributed by atoms with Gasteiger partial charge in [-0.3, -0.25) is 0 Å². The quantitative estimate of drug-likeness (QED) is 0.683. The maximum absolute atomic E-state index is 13.0. The first-order valence-corrected chi connectivity index (χ1v) is 4.26. The zero-order valence-corrected chi connectivity index (χ0v) is 7.88. The highest BCUT2D eigenvalue weighted by Crippen LogP contribution is 2.19. The van der Waals surface area contributed by atoms with Crippen LogP contribution in [-0.2, 0) is 0 Å². The van der Waals surface area contributed by atoms with Gasteiger partial charge in [0.25, 0.3) is 0 Å². The predicted octanol–water partition coefficient (Wildman–Crippen LogP) is 3.38. The fraction of sp³-hybridized carbons (Fsp3) is 0.222. The Hall–Kier alpha value is -0.880. The molecule has 1 rings (SSSR count). The summed E-state index contributed by atoms with van der Waals surface area (Å²) in [6.07, 6.45) is -1.16. The number of hydrogen-bond acceptors (Lipinski definition) is 0. The third-order valence-corrected chi connectivity index (χ3v) is 2.01. The Kier molecular flexibility index (Phi) is 3.24. The summed E-state index contributed by atoms with van der Waals surface area (Å²) in [5.74, 6) is 0. The van der Waals surface area contributed by atoms with E-state index in [9.17, 15) is 4.39 Å². The van der Waals surface area contributed by atoms with Crippen molar-refractivity contribution >= 4 is 15.9 Å². The van der Waals surface area contributed by atoms with Gasteiger partial charge in [0.05, 0.1) is 0 Å². The Morgan fingerprint density at radius 1 is 1.42 bits per heavy atom. The van der Waals surface area contributed by atoms with Gasteiger partial charge in [-0.15, -0.1) is 0 Å². The van der Waals surface area contributed by atoms with Crippen molar-refractivity contribution < 1.29 is 4.39 Å². The fourth-order valence-corrected chi connectivity index (χ4v) is 1.12. The summed E-state index contributed by atoms with van der Waals surface area (Å²) in [7, 11) is 0. The van der Waals surface area contributed by atoms with E-state index >= 15 is 0 Å². The molecule has 0 aliphatic carbocycles. The minimum atomic E-state index is -1.16. The van der Waals surface area contributed by atoms with Crippen LogP contribution in [0, 0.1) is 6.57 Å². The summed E-state index contributed by atoms with van der Waals surface area (Å²) in [5.41, 5.74) is 0.564. The van der Waals surface area contributed by atoms with E-state index < -0.39 is 6.17 Å². The first kappa shape index (κ1) is 9.21. The molecule has 1 aromatic rings. The zero-order chi connectivity index (χ0) is 8.97. The maximum atomic E-state index is 13.0. The van der Waals surface area contributed by atoms with Gasteiger partial charge in [0.1, 0.15) is 0 Å². The van der Waals surface area contributed by atoms with Crippen LogP contribution in [0.25, 0.3) is 4.85 Å². The van der Waals surface area contributed by atoms with Crippen LogP contribution < -0.4 is 0 Å². The summed E-state index contributed by atoms with van der Waals surface area (Å²) in [4.78, 5) is 3.00. The van der Waals surface area contributed by atoms with Crippen molar-refractivity contribution in [3.05, 3.63) is 45.7 Å². The molecule has 1 atom stereocenters.